The first kappa shape index (κ1) is 11.6. The molecule has 0 N–H and O–H groups in total. The van der Waals surface area contributed by atoms with Crippen molar-refractivity contribution in [2.75, 3.05) is 0 Å². The van der Waals surface area contributed by atoms with E-state index in [1.807, 2.05) is 6.07 Å². The van der Waals surface area contributed by atoms with Crippen molar-refractivity contribution in [3.05, 3.63) is 26.0 Å². The summed E-state index contributed by atoms with van der Waals surface area (Å²) in [6, 6.07) is 1.82. The van der Waals surface area contributed by atoms with E-state index < -0.39 is 6.43 Å². The number of nitrogens with zero attached hydrogens (tertiary/aromatic N) is 2. The molecule has 74 valence electrons. The van der Waals surface area contributed by atoms with E-state index >= 15 is 0 Å². The molecule has 0 amide bonds. The fourth-order valence-corrected chi connectivity index (χ4v) is 2.02. The number of nitriles is 1. The second-order valence-electron chi connectivity index (χ2n) is 2.42. The van der Waals surface area contributed by atoms with Gasteiger partial charge >= 0.3 is 0 Å². The molecule has 14 heavy (non-hydrogen) atoms. The lowest BCUT2D eigenvalue weighted by Crippen LogP contribution is -1.98. The Labute approximate surface area is 98.0 Å². The Bertz CT molecular complexity index is 390. The highest BCUT2D eigenvalue weighted by Crippen LogP contribution is 2.32. The molecule has 0 unspecified atom stereocenters. The van der Waals surface area contributed by atoms with Crippen LogP contribution in [-0.2, 0) is 6.42 Å². The topological polar surface area (TPSA) is 36.7 Å². The SMILES string of the molecule is N#CCc1ncc(I)c(C(F)F)c1Cl. The van der Waals surface area contributed by atoms with Crippen LogP contribution in [0.3, 0.4) is 0 Å². The zero-order chi connectivity index (χ0) is 10.7. The first-order valence-electron chi connectivity index (χ1n) is 3.55. The van der Waals surface area contributed by atoms with Crippen LogP contribution < -0.4 is 0 Å². The number of pyridine rings is 1. The average molecular weight is 328 g/mol. The zero-order valence-electron chi connectivity index (χ0n) is 6.77. The summed E-state index contributed by atoms with van der Waals surface area (Å²) >= 11 is 7.43. The Kier molecular flexibility index (Phi) is 4.01. The third-order valence-electron chi connectivity index (χ3n) is 1.55. The van der Waals surface area contributed by atoms with Gasteiger partial charge in [-0.25, -0.2) is 8.78 Å². The van der Waals surface area contributed by atoms with Crippen LogP contribution in [0.25, 0.3) is 0 Å². The van der Waals surface area contributed by atoms with Gasteiger partial charge < -0.3 is 0 Å². The number of rotatable bonds is 2. The van der Waals surface area contributed by atoms with E-state index in [9.17, 15) is 8.78 Å². The van der Waals surface area contributed by atoms with Crippen LogP contribution in [0, 0.1) is 14.9 Å². The first-order valence-corrected chi connectivity index (χ1v) is 5.01. The molecule has 0 aliphatic carbocycles. The molecule has 1 rings (SSSR count). The van der Waals surface area contributed by atoms with Gasteiger partial charge in [0.2, 0.25) is 0 Å². The van der Waals surface area contributed by atoms with Crippen molar-refractivity contribution in [3.8, 4) is 6.07 Å². The van der Waals surface area contributed by atoms with Crippen LogP contribution in [0.5, 0.6) is 0 Å². The van der Waals surface area contributed by atoms with E-state index in [1.54, 1.807) is 22.6 Å². The second kappa shape index (κ2) is 4.84. The second-order valence-corrected chi connectivity index (χ2v) is 3.96. The predicted molar refractivity (Wildman–Crippen MR) is 56.2 cm³/mol. The highest BCUT2D eigenvalue weighted by molar-refractivity contribution is 14.1. The summed E-state index contributed by atoms with van der Waals surface area (Å²) in [6.45, 7) is 0. The van der Waals surface area contributed by atoms with Gasteiger partial charge in [0.1, 0.15) is 0 Å². The van der Waals surface area contributed by atoms with Gasteiger partial charge in [0, 0.05) is 9.77 Å². The van der Waals surface area contributed by atoms with Gasteiger partial charge in [0.15, 0.2) is 0 Å². The molecule has 0 fully saturated rings. The molecule has 0 saturated heterocycles. The maximum absolute atomic E-state index is 12.5. The Morgan fingerprint density at radius 2 is 2.29 bits per heavy atom. The summed E-state index contributed by atoms with van der Waals surface area (Å²) in [4.78, 5) is 3.82. The van der Waals surface area contributed by atoms with Crippen LogP contribution in [-0.4, -0.2) is 4.98 Å². The molecule has 0 aliphatic rings. The minimum atomic E-state index is -2.64. The lowest BCUT2D eigenvalue weighted by molar-refractivity contribution is 0.150. The first-order chi connectivity index (χ1) is 6.57. The summed E-state index contributed by atoms with van der Waals surface area (Å²) < 4.78 is 25.3. The fraction of sp³-hybridized carbons (Fsp3) is 0.250. The molecule has 6 heteroatoms. The minimum Gasteiger partial charge on any atom is -0.258 e. The number of hydrogen-bond donors (Lipinski definition) is 0. The smallest absolute Gasteiger partial charge is 0.258 e. The highest BCUT2D eigenvalue weighted by Gasteiger charge is 2.19. The van der Waals surface area contributed by atoms with Crippen LogP contribution >= 0.6 is 34.2 Å². The van der Waals surface area contributed by atoms with Gasteiger partial charge in [-0.2, -0.15) is 5.26 Å². The lowest BCUT2D eigenvalue weighted by Gasteiger charge is -2.07. The molecule has 0 atom stereocenters. The quantitative estimate of drug-likeness (QED) is 0.781. The molecule has 0 bridgehead atoms. The van der Waals surface area contributed by atoms with Crippen molar-refractivity contribution >= 4 is 34.2 Å². The zero-order valence-corrected chi connectivity index (χ0v) is 9.68. The number of halogens is 4. The van der Waals surface area contributed by atoms with Crippen molar-refractivity contribution in [2.45, 2.75) is 12.8 Å². The van der Waals surface area contributed by atoms with Crippen LogP contribution in [0.2, 0.25) is 5.02 Å². The minimum absolute atomic E-state index is 0.0600. The molecule has 1 aromatic heterocycles. The number of hydrogen-bond acceptors (Lipinski definition) is 2. The van der Waals surface area contributed by atoms with E-state index in [0.29, 0.717) is 3.57 Å². The van der Waals surface area contributed by atoms with Crippen molar-refractivity contribution in [1.29, 1.82) is 5.26 Å². The Morgan fingerprint density at radius 3 is 2.79 bits per heavy atom. The van der Waals surface area contributed by atoms with E-state index in [1.165, 1.54) is 6.20 Å². The Hall–Kier alpha value is -0.480. The average Bonchev–Trinajstić information content (AvgIpc) is 2.10. The van der Waals surface area contributed by atoms with E-state index in [2.05, 4.69) is 4.98 Å². The van der Waals surface area contributed by atoms with E-state index in [4.69, 9.17) is 16.9 Å². The summed E-state index contributed by atoms with van der Waals surface area (Å²) in [5.41, 5.74) is -0.0441. The monoisotopic (exact) mass is 328 g/mol. The molecule has 0 aromatic carbocycles. The van der Waals surface area contributed by atoms with Crippen molar-refractivity contribution in [3.63, 3.8) is 0 Å². The van der Waals surface area contributed by atoms with Gasteiger partial charge in [-0.1, -0.05) is 11.6 Å². The summed E-state index contributed by atoms with van der Waals surface area (Å²) in [5.74, 6) is 0. The number of aromatic nitrogens is 1. The third kappa shape index (κ3) is 2.30. The Balaban J connectivity index is 3.28. The predicted octanol–water partition coefficient (Wildman–Crippen LogP) is 3.34. The molecule has 0 aliphatic heterocycles. The normalized spacial score (nSPS) is 10.3. The number of alkyl halides is 2. The fourth-order valence-electron chi connectivity index (χ4n) is 0.919. The van der Waals surface area contributed by atoms with Gasteiger partial charge in [0.25, 0.3) is 6.43 Å². The standard InChI is InChI=1S/C8H4ClF2IN2/c9-7-5(1-2-13)14-3-4(12)6(7)8(10)11/h3,8H,1H2. The maximum atomic E-state index is 12.5. The van der Waals surface area contributed by atoms with Crippen molar-refractivity contribution in [1.82, 2.24) is 4.98 Å². The largest absolute Gasteiger partial charge is 0.266 e. The molecule has 1 heterocycles. The van der Waals surface area contributed by atoms with Crippen molar-refractivity contribution in [2.24, 2.45) is 0 Å². The third-order valence-corrected chi connectivity index (χ3v) is 2.83. The lowest BCUT2D eigenvalue weighted by atomic mass is 10.2. The summed E-state index contributed by atoms with van der Waals surface area (Å²) in [6.07, 6.45) is -1.41. The van der Waals surface area contributed by atoms with Gasteiger partial charge in [0.05, 0.1) is 28.8 Å². The van der Waals surface area contributed by atoms with Crippen LogP contribution in [0.4, 0.5) is 8.78 Å². The molecule has 1 aromatic rings. The molecular weight excluding hydrogens is 324 g/mol. The van der Waals surface area contributed by atoms with Gasteiger partial charge in [-0.05, 0) is 22.6 Å². The van der Waals surface area contributed by atoms with Crippen molar-refractivity contribution < 1.29 is 8.78 Å². The van der Waals surface area contributed by atoms with Gasteiger partial charge in [-0.3, -0.25) is 4.98 Å². The summed E-state index contributed by atoms with van der Waals surface area (Å²) in [7, 11) is 0. The molecular formula is C8H4ClF2IN2. The Morgan fingerprint density at radius 1 is 1.64 bits per heavy atom. The molecule has 0 spiro atoms. The van der Waals surface area contributed by atoms with Crippen LogP contribution in [0.15, 0.2) is 6.20 Å². The molecule has 2 nitrogen and oxygen atoms in total. The molecule has 0 saturated carbocycles. The maximum Gasteiger partial charge on any atom is 0.266 e. The molecule has 0 radical (unpaired) electrons. The highest BCUT2D eigenvalue weighted by atomic mass is 127. The summed E-state index contributed by atoms with van der Waals surface area (Å²) in [5, 5.41) is 8.30. The van der Waals surface area contributed by atoms with E-state index in [-0.39, 0.29) is 22.7 Å². The van der Waals surface area contributed by atoms with Crippen LogP contribution in [0.1, 0.15) is 17.7 Å². The van der Waals surface area contributed by atoms with E-state index in [0.717, 1.165) is 0 Å². The van der Waals surface area contributed by atoms with Gasteiger partial charge in [-0.15, -0.1) is 0 Å².